The highest BCUT2D eigenvalue weighted by molar-refractivity contribution is 8.14. The topological polar surface area (TPSA) is 51.4 Å². The van der Waals surface area contributed by atoms with Gasteiger partial charge in [0.2, 0.25) is 0 Å². The van der Waals surface area contributed by atoms with Gasteiger partial charge in [0.25, 0.3) is 0 Å². The third-order valence-electron chi connectivity index (χ3n) is 4.64. The van der Waals surface area contributed by atoms with E-state index in [2.05, 4.69) is 79.2 Å². The molecule has 1 aromatic rings. The predicted octanol–water partition coefficient (Wildman–Crippen LogP) is 5.26. The molecule has 1 aromatic carbocycles. The molecule has 0 radical (unpaired) electrons. The molecule has 1 aliphatic heterocycles. The number of thioether (sulfide) groups is 1. The molecule has 1 saturated heterocycles. The maximum absolute atomic E-state index is 9.33. The highest BCUT2D eigenvalue weighted by Crippen LogP contribution is 2.37. The van der Waals surface area contributed by atoms with Crippen LogP contribution in [0, 0.1) is 18.3 Å². The third kappa shape index (κ3) is 5.75. The molecule has 0 aromatic heterocycles. The summed E-state index contributed by atoms with van der Waals surface area (Å²) in [6, 6.07) is 10.6. The van der Waals surface area contributed by atoms with E-state index in [4.69, 9.17) is 0 Å². The minimum Gasteiger partial charge on any atom is -0.222 e. The van der Waals surface area contributed by atoms with Gasteiger partial charge in [0.1, 0.15) is 6.07 Å². The normalized spacial score (nSPS) is 20.2. The standard InChI is InChI=1S/C19H28N4S2/c1-15-7-9-16(10-8-15)14-24-17(13-20)21-25-22-23-18(2,3)11-6-12-19(23,4)5/h7-10,22H,6,11-12,14H2,1-5H3. The Labute approximate surface area is 160 Å². The molecule has 1 aliphatic rings. The molecular weight excluding hydrogens is 348 g/mol. The first-order valence-corrected chi connectivity index (χ1v) is 10.4. The van der Waals surface area contributed by atoms with Crippen LogP contribution in [0.15, 0.2) is 28.7 Å². The van der Waals surface area contributed by atoms with Crippen molar-refractivity contribution >= 4 is 28.9 Å². The molecule has 1 N–H and O–H groups in total. The van der Waals surface area contributed by atoms with Crippen LogP contribution in [0.3, 0.4) is 0 Å². The van der Waals surface area contributed by atoms with Gasteiger partial charge in [-0.15, -0.1) is 0 Å². The van der Waals surface area contributed by atoms with Crippen LogP contribution in [0.2, 0.25) is 0 Å². The van der Waals surface area contributed by atoms with Crippen LogP contribution in [0.4, 0.5) is 0 Å². The summed E-state index contributed by atoms with van der Waals surface area (Å²) in [6.07, 6.45) is 3.55. The van der Waals surface area contributed by atoms with E-state index in [1.165, 1.54) is 41.4 Å². The Kier molecular flexibility index (Phi) is 6.98. The zero-order valence-corrected chi connectivity index (χ0v) is 17.4. The highest BCUT2D eigenvalue weighted by atomic mass is 32.2. The Hall–Kier alpha value is -1.00. The van der Waals surface area contributed by atoms with Crippen molar-refractivity contribution in [3.05, 3.63) is 35.4 Å². The van der Waals surface area contributed by atoms with Crippen LogP contribution in [-0.4, -0.2) is 21.1 Å². The lowest BCUT2D eigenvalue weighted by atomic mass is 9.82. The number of benzene rings is 1. The molecule has 0 bridgehead atoms. The first-order valence-electron chi connectivity index (χ1n) is 8.63. The summed E-state index contributed by atoms with van der Waals surface area (Å²) in [5.41, 5.74) is 2.60. The van der Waals surface area contributed by atoms with E-state index < -0.39 is 0 Å². The molecule has 1 fully saturated rings. The van der Waals surface area contributed by atoms with E-state index in [-0.39, 0.29) is 11.1 Å². The first kappa shape index (κ1) is 20.3. The Bertz CT molecular complexity index is 628. The smallest absolute Gasteiger partial charge is 0.183 e. The van der Waals surface area contributed by atoms with Crippen LogP contribution in [-0.2, 0) is 5.75 Å². The molecule has 0 atom stereocenters. The van der Waals surface area contributed by atoms with E-state index in [1.54, 1.807) is 0 Å². The zero-order valence-electron chi connectivity index (χ0n) is 15.8. The van der Waals surface area contributed by atoms with E-state index in [1.807, 2.05) is 0 Å². The van der Waals surface area contributed by atoms with Gasteiger partial charge in [0.05, 0.1) is 12.1 Å². The molecule has 0 amide bonds. The fourth-order valence-corrected chi connectivity index (χ4v) is 4.88. The second kappa shape index (κ2) is 8.59. The summed E-state index contributed by atoms with van der Waals surface area (Å²) < 4.78 is 4.38. The van der Waals surface area contributed by atoms with Crippen molar-refractivity contribution in [3.63, 3.8) is 0 Å². The van der Waals surface area contributed by atoms with Gasteiger partial charge in [-0.1, -0.05) is 41.6 Å². The largest absolute Gasteiger partial charge is 0.222 e. The predicted molar refractivity (Wildman–Crippen MR) is 110 cm³/mol. The quantitative estimate of drug-likeness (QED) is 0.431. The van der Waals surface area contributed by atoms with Gasteiger partial charge in [-0.25, -0.2) is 5.01 Å². The summed E-state index contributed by atoms with van der Waals surface area (Å²) >= 11 is 2.73. The summed E-state index contributed by atoms with van der Waals surface area (Å²) in [6.45, 7) is 11.1. The van der Waals surface area contributed by atoms with Gasteiger partial charge in [-0.3, -0.25) is 0 Å². The highest BCUT2D eigenvalue weighted by Gasteiger charge is 2.41. The van der Waals surface area contributed by atoms with Crippen LogP contribution in [0.5, 0.6) is 0 Å². The van der Waals surface area contributed by atoms with Gasteiger partial charge in [-0.05, 0) is 59.4 Å². The molecule has 136 valence electrons. The molecule has 0 unspecified atom stereocenters. The van der Waals surface area contributed by atoms with Crippen molar-refractivity contribution in [3.8, 4) is 6.07 Å². The minimum atomic E-state index is 0.0755. The lowest BCUT2D eigenvalue weighted by Gasteiger charge is -2.51. The fourth-order valence-electron chi connectivity index (χ4n) is 3.26. The van der Waals surface area contributed by atoms with Crippen LogP contribution in [0.1, 0.15) is 58.1 Å². The minimum absolute atomic E-state index is 0.0755. The lowest BCUT2D eigenvalue weighted by molar-refractivity contribution is -0.0440. The van der Waals surface area contributed by atoms with Crippen molar-refractivity contribution in [1.82, 2.24) is 9.84 Å². The number of hydrogen-bond donors (Lipinski definition) is 1. The van der Waals surface area contributed by atoms with Gasteiger partial charge in [-0.2, -0.15) is 14.5 Å². The Balaban J connectivity index is 1.92. The number of rotatable bonds is 5. The Morgan fingerprint density at radius 3 is 2.36 bits per heavy atom. The molecule has 4 nitrogen and oxygen atoms in total. The number of hydrogen-bond acceptors (Lipinski definition) is 6. The number of nitriles is 1. The number of aryl methyl sites for hydroxylation is 1. The first-order chi connectivity index (χ1) is 11.7. The van der Waals surface area contributed by atoms with Crippen LogP contribution in [0.25, 0.3) is 0 Å². The van der Waals surface area contributed by atoms with Gasteiger partial charge in [0, 0.05) is 16.8 Å². The van der Waals surface area contributed by atoms with E-state index in [9.17, 15) is 5.26 Å². The van der Waals surface area contributed by atoms with Crippen molar-refractivity contribution in [2.45, 2.75) is 70.7 Å². The summed E-state index contributed by atoms with van der Waals surface area (Å²) in [5.74, 6) is 0.758. The summed E-state index contributed by atoms with van der Waals surface area (Å²) in [5, 5.41) is 12.1. The molecule has 2 rings (SSSR count). The Morgan fingerprint density at radius 1 is 1.20 bits per heavy atom. The van der Waals surface area contributed by atoms with Crippen molar-refractivity contribution < 1.29 is 0 Å². The molecule has 25 heavy (non-hydrogen) atoms. The van der Waals surface area contributed by atoms with Gasteiger partial charge >= 0.3 is 0 Å². The zero-order chi connectivity index (χ0) is 18.5. The summed E-state index contributed by atoms with van der Waals surface area (Å²) in [7, 11) is 0. The molecule has 6 heteroatoms. The van der Waals surface area contributed by atoms with Gasteiger partial charge < -0.3 is 0 Å². The molecule has 0 saturated carbocycles. The average molecular weight is 377 g/mol. The van der Waals surface area contributed by atoms with Crippen LogP contribution >= 0.6 is 23.9 Å². The third-order valence-corrected chi connectivity index (χ3v) is 6.23. The second-order valence-corrected chi connectivity index (χ2v) is 9.29. The van der Waals surface area contributed by atoms with Crippen molar-refractivity contribution in [2.75, 3.05) is 0 Å². The SMILES string of the molecule is Cc1ccc(CSC(C#N)=NSNN2C(C)(C)CCCC2(C)C)cc1. The molecule has 0 spiro atoms. The van der Waals surface area contributed by atoms with Gasteiger partial charge in [0.15, 0.2) is 5.04 Å². The van der Waals surface area contributed by atoms with Crippen molar-refractivity contribution in [2.24, 2.45) is 4.40 Å². The monoisotopic (exact) mass is 376 g/mol. The Morgan fingerprint density at radius 2 is 1.80 bits per heavy atom. The van der Waals surface area contributed by atoms with E-state index in [0.717, 1.165) is 18.6 Å². The maximum Gasteiger partial charge on any atom is 0.183 e. The molecular formula is C19H28N4S2. The number of piperidine rings is 1. The number of nitrogens with one attached hydrogen (secondary N) is 1. The van der Waals surface area contributed by atoms with E-state index >= 15 is 0 Å². The van der Waals surface area contributed by atoms with Crippen LogP contribution < -0.4 is 4.83 Å². The molecule has 1 heterocycles. The average Bonchev–Trinajstić information content (AvgIpc) is 2.54. The second-order valence-electron chi connectivity index (χ2n) is 7.78. The number of hydrazine groups is 1. The van der Waals surface area contributed by atoms with Crippen molar-refractivity contribution in [1.29, 1.82) is 5.26 Å². The maximum atomic E-state index is 9.33. The molecule has 0 aliphatic carbocycles. The fraction of sp³-hybridized carbons (Fsp3) is 0.579. The van der Waals surface area contributed by atoms with E-state index in [0.29, 0.717) is 5.04 Å². The summed E-state index contributed by atoms with van der Waals surface area (Å²) in [4.78, 5) is 3.37. The number of nitrogens with zero attached hydrogens (tertiary/aromatic N) is 3. The lowest BCUT2D eigenvalue weighted by Crippen LogP contribution is -2.62.